The van der Waals surface area contributed by atoms with E-state index in [9.17, 15) is 5.26 Å². The Balaban J connectivity index is 2.19. The molecule has 0 fully saturated rings. The molecule has 102 valence electrons. The highest BCUT2D eigenvalue weighted by molar-refractivity contribution is 6.30. The lowest BCUT2D eigenvalue weighted by Gasteiger charge is -2.05. The van der Waals surface area contributed by atoms with Gasteiger partial charge in [-0.05, 0) is 29.8 Å². The van der Waals surface area contributed by atoms with Crippen LogP contribution in [0, 0.1) is 11.3 Å². The minimum Gasteiger partial charge on any atom is -0.384 e. The fraction of sp³-hybridized carbons (Fsp3) is 0. The summed E-state index contributed by atoms with van der Waals surface area (Å²) in [7, 11) is 0. The highest BCUT2D eigenvalue weighted by Crippen LogP contribution is 2.31. The number of benzene rings is 2. The molecule has 0 unspecified atom stereocenters. The number of hydrogen-bond donors (Lipinski definition) is 1. The van der Waals surface area contributed by atoms with Crippen LogP contribution in [0.3, 0.4) is 0 Å². The van der Waals surface area contributed by atoms with E-state index in [2.05, 4.69) is 6.07 Å². The lowest BCUT2D eigenvalue weighted by atomic mass is 10.1. The zero-order valence-corrected chi connectivity index (χ0v) is 11.9. The average Bonchev–Trinajstić information content (AvgIpc) is 2.86. The van der Waals surface area contributed by atoms with Gasteiger partial charge in [0.05, 0.1) is 0 Å². The van der Waals surface area contributed by atoms with Gasteiger partial charge in [0.1, 0.15) is 17.5 Å². The largest absolute Gasteiger partial charge is 0.384 e. The highest BCUT2D eigenvalue weighted by Gasteiger charge is 2.15. The van der Waals surface area contributed by atoms with Gasteiger partial charge in [-0.1, -0.05) is 41.9 Å². The first-order valence-electron chi connectivity index (χ1n) is 6.43. The number of hydrogen-bond acceptors (Lipinski definition) is 2. The van der Waals surface area contributed by atoms with Crippen LogP contribution in [0.15, 0.2) is 60.8 Å². The SMILES string of the molecule is N#Cc1c(-c2ccccc2)cn(-c2ccc(Cl)cc2)c1N. The predicted molar refractivity (Wildman–Crippen MR) is 85.3 cm³/mol. The summed E-state index contributed by atoms with van der Waals surface area (Å²) < 4.78 is 1.80. The Morgan fingerprint density at radius 2 is 1.67 bits per heavy atom. The molecule has 21 heavy (non-hydrogen) atoms. The van der Waals surface area contributed by atoms with Gasteiger partial charge in [0.15, 0.2) is 0 Å². The van der Waals surface area contributed by atoms with Gasteiger partial charge in [0.2, 0.25) is 0 Å². The number of anilines is 1. The topological polar surface area (TPSA) is 54.7 Å². The predicted octanol–water partition coefficient (Wildman–Crippen LogP) is 4.25. The molecule has 0 bridgehead atoms. The molecule has 3 aromatic rings. The van der Waals surface area contributed by atoms with E-state index >= 15 is 0 Å². The number of nitrogen functional groups attached to an aromatic ring is 1. The van der Waals surface area contributed by atoms with Gasteiger partial charge >= 0.3 is 0 Å². The summed E-state index contributed by atoms with van der Waals surface area (Å²) in [5.41, 5.74) is 9.27. The molecule has 2 aromatic carbocycles. The van der Waals surface area contributed by atoms with Crippen molar-refractivity contribution in [3.63, 3.8) is 0 Å². The van der Waals surface area contributed by atoms with Crippen molar-refractivity contribution in [2.75, 3.05) is 5.73 Å². The minimum absolute atomic E-state index is 0.429. The number of halogens is 1. The molecule has 1 heterocycles. The van der Waals surface area contributed by atoms with E-state index in [1.807, 2.05) is 48.7 Å². The quantitative estimate of drug-likeness (QED) is 0.768. The summed E-state index contributed by atoms with van der Waals surface area (Å²) in [6.45, 7) is 0. The van der Waals surface area contributed by atoms with Crippen molar-refractivity contribution >= 4 is 17.4 Å². The maximum Gasteiger partial charge on any atom is 0.126 e. The van der Waals surface area contributed by atoms with Crippen LogP contribution in [-0.4, -0.2) is 4.57 Å². The second-order valence-corrected chi connectivity index (χ2v) is 5.06. The van der Waals surface area contributed by atoms with E-state index < -0.39 is 0 Å². The summed E-state index contributed by atoms with van der Waals surface area (Å²) in [6.07, 6.45) is 1.88. The molecular weight excluding hydrogens is 282 g/mol. The van der Waals surface area contributed by atoms with Crippen molar-refractivity contribution in [2.45, 2.75) is 0 Å². The van der Waals surface area contributed by atoms with Crippen molar-refractivity contribution in [1.29, 1.82) is 5.26 Å². The first-order valence-corrected chi connectivity index (χ1v) is 6.81. The molecule has 0 aliphatic carbocycles. The van der Waals surface area contributed by atoms with Gasteiger partial charge in [-0.3, -0.25) is 0 Å². The second-order valence-electron chi connectivity index (χ2n) is 4.63. The lowest BCUT2D eigenvalue weighted by Crippen LogP contribution is -1.99. The van der Waals surface area contributed by atoms with E-state index in [-0.39, 0.29) is 0 Å². The Kier molecular flexibility index (Phi) is 3.39. The molecular formula is C17H12ClN3. The monoisotopic (exact) mass is 293 g/mol. The van der Waals surface area contributed by atoms with E-state index in [1.54, 1.807) is 16.7 Å². The van der Waals surface area contributed by atoms with E-state index in [4.69, 9.17) is 17.3 Å². The van der Waals surface area contributed by atoms with Gasteiger partial charge in [0.25, 0.3) is 0 Å². The molecule has 1 aromatic heterocycles. The van der Waals surface area contributed by atoms with Crippen LogP contribution < -0.4 is 5.73 Å². The molecule has 0 amide bonds. The molecule has 3 rings (SSSR count). The van der Waals surface area contributed by atoms with E-state index in [0.717, 1.165) is 16.8 Å². The number of nitrogens with zero attached hydrogens (tertiary/aromatic N) is 2. The van der Waals surface area contributed by atoms with Gasteiger partial charge < -0.3 is 10.3 Å². The highest BCUT2D eigenvalue weighted by atomic mass is 35.5. The van der Waals surface area contributed by atoms with Gasteiger partial charge in [-0.2, -0.15) is 5.26 Å². The average molecular weight is 294 g/mol. The third-order valence-corrected chi connectivity index (χ3v) is 3.60. The molecule has 0 atom stereocenters. The van der Waals surface area contributed by atoms with Crippen molar-refractivity contribution < 1.29 is 0 Å². The Morgan fingerprint density at radius 1 is 1.00 bits per heavy atom. The van der Waals surface area contributed by atoms with Crippen LogP contribution in [-0.2, 0) is 0 Å². The molecule has 0 saturated heterocycles. The lowest BCUT2D eigenvalue weighted by molar-refractivity contribution is 1.09. The first kappa shape index (κ1) is 13.3. The maximum absolute atomic E-state index is 9.40. The minimum atomic E-state index is 0.429. The summed E-state index contributed by atoms with van der Waals surface area (Å²) in [5.74, 6) is 0.429. The third-order valence-electron chi connectivity index (χ3n) is 3.34. The number of nitrogens with two attached hydrogens (primary N) is 1. The van der Waals surface area contributed by atoms with Crippen LogP contribution in [0.5, 0.6) is 0 Å². The van der Waals surface area contributed by atoms with Crippen molar-refractivity contribution in [2.24, 2.45) is 0 Å². The Bertz CT molecular complexity index is 812. The van der Waals surface area contributed by atoms with Crippen LogP contribution in [0.25, 0.3) is 16.8 Å². The van der Waals surface area contributed by atoms with Crippen LogP contribution >= 0.6 is 11.6 Å². The Morgan fingerprint density at radius 3 is 2.29 bits per heavy atom. The van der Waals surface area contributed by atoms with Gasteiger partial charge in [-0.15, -0.1) is 0 Å². The zero-order chi connectivity index (χ0) is 14.8. The normalized spacial score (nSPS) is 10.3. The summed E-state index contributed by atoms with van der Waals surface area (Å²) in [4.78, 5) is 0. The molecule has 0 saturated carbocycles. The van der Waals surface area contributed by atoms with Crippen LogP contribution in [0.4, 0.5) is 5.82 Å². The third kappa shape index (κ3) is 2.37. The summed E-state index contributed by atoms with van der Waals surface area (Å²) >= 11 is 5.91. The fourth-order valence-corrected chi connectivity index (χ4v) is 2.42. The smallest absolute Gasteiger partial charge is 0.126 e. The van der Waals surface area contributed by atoms with Gasteiger partial charge in [0, 0.05) is 22.5 Å². The molecule has 0 aliphatic heterocycles. The number of rotatable bonds is 2. The van der Waals surface area contributed by atoms with Gasteiger partial charge in [-0.25, -0.2) is 0 Å². The van der Waals surface area contributed by atoms with E-state index in [0.29, 0.717) is 16.4 Å². The number of aromatic nitrogens is 1. The van der Waals surface area contributed by atoms with Crippen molar-refractivity contribution in [3.8, 4) is 22.9 Å². The zero-order valence-electron chi connectivity index (χ0n) is 11.1. The fourth-order valence-electron chi connectivity index (χ4n) is 2.29. The van der Waals surface area contributed by atoms with Crippen LogP contribution in [0.1, 0.15) is 5.56 Å². The first-order chi connectivity index (χ1) is 10.2. The van der Waals surface area contributed by atoms with Crippen molar-refractivity contribution in [3.05, 3.63) is 71.4 Å². The van der Waals surface area contributed by atoms with E-state index in [1.165, 1.54) is 0 Å². The molecule has 0 aliphatic rings. The molecule has 2 N–H and O–H groups in total. The second kappa shape index (κ2) is 5.35. The van der Waals surface area contributed by atoms with Crippen molar-refractivity contribution in [1.82, 2.24) is 4.57 Å². The molecule has 0 spiro atoms. The maximum atomic E-state index is 9.40. The molecule has 4 heteroatoms. The summed E-state index contributed by atoms with van der Waals surface area (Å²) in [5, 5.41) is 10.1. The summed E-state index contributed by atoms with van der Waals surface area (Å²) in [6, 6.07) is 19.3. The molecule has 0 radical (unpaired) electrons. The Hall–Kier alpha value is -2.70. The standard InChI is InChI=1S/C17H12ClN3/c18-13-6-8-14(9-7-13)21-11-16(15(10-19)17(21)20)12-4-2-1-3-5-12/h1-9,11H,20H2. The van der Waals surface area contributed by atoms with Crippen LogP contribution in [0.2, 0.25) is 5.02 Å². The molecule has 3 nitrogen and oxygen atoms in total. The number of nitriles is 1. The Labute approximate surface area is 127 Å².